The Morgan fingerprint density at radius 1 is 1.27 bits per heavy atom. The Kier molecular flexibility index (Phi) is 4.78. The van der Waals surface area contributed by atoms with Gasteiger partial charge in [0.15, 0.2) is 5.96 Å². The summed E-state index contributed by atoms with van der Waals surface area (Å²) in [6.45, 7) is 3.15. The van der Waals surface area contributed by atoms with Gasteiger partial charge in [-0.05, 0) is 23.4 Å². The van der Waals surface area contributed by atoms with Gasteiger partial charge in [-0.1, -0.05) is 43.3 Å². The first-order valence-electron chi connectivity index (χ1n) is 7.83. The van der Waals surface area contributed by atoms with Gasteiger partial charge in [-0.2, -0.15) is 0 Å². The highest BCUT2D eigenvalue weighted by Crippen LogP contribution is 2.40. The van der Waals surface area contributed by atoms with Crippen LogP contribution in [-0.4, -0.2) is 25.6 Å². The van der Waals surface area contributed by atoms with E-state index >= 15 is 0 Å². The van der Waals surface area contributed by atoms with E-state index in [0.29, 0.717) is 17.9 Å². The summed E-state index contributed by atoms with van der Waals surface area (Å²) in [6.07, 6.45) is 1.19. The Morgan fingerprint density at radius 3 is 2.77 bits per heavy atom. The standard InChI is InChI=1S/C18H23N3S/c1-13(17-9-6-10-22-17)12-20-18(19-2)21-16-11-15(16)14-7-4-3-5-8-14/h3-10,13,15-16H,11-12H2,1-2H3,(H2,19,20,21). The minimum absolute atomic E-state index is 0.502. The molecular formula is C18H23N3S. The van der Waals surface area contributed by atoms with E-state index in [2.05, 4.69) is 70.4 Å². The molecule has 1 aromatic carbocycles. The van der Waals surface area contributed by atoms with Crippen LogP contribution in [0.15, 0.2) is 52.8 Å². The average molecular weight is 313 g/mol. The lowest BCUT2D eigenvalue weighted by Crippen LogP contribution is -2.40. The molecule has 3 rings (SSSR count). The second-order valence-electron chi connectivity index (χ2n) is 5.87. The van der Waals surface area contributed by atoms with E-state index in [4.69, 9.17) is 0 Å². The van der Waals surface area contributed by atoms with Gasteiger partial charge in [0.2, 0.25) is 0 Å². The van der Waals surface area contributed by atoms with Crippen LogP contribution in [-0.2, 0) is 0 Å². The SMILES string of the molecule is CN=C(NCC(C)c1cccs1)NC1CC1c1ccccc1. The fraction of sp³-hybridized carbons (Fsp3) is 0.389. The monoisotopic (exact) mass is 313 g/mol. The van der Waals surface area contributed by atoms with Gasteiger partial charge >= 0.3 is 0 Å². The fourth-order valence-electron chi connectivity index (χ4n) is 2.72. The van der Waals surface area contributed by atoms with Crippen molar-refractivity contribution >= 4 is 17.3 Å². The van der Waals surface area contributed by atoms with E-state index in [0.717, 1.165) is 12.5 Å². The molecule has 0 radical (unpaired) electrons. The van der Waals surface area contributed by atoms with E-state index in [9.17, 15) is 0 Å². The van der Waals surface area contributed by atoms with Crippen molar-refractivity contribution in [2.24, 2.45) is 4.99 Å². The van der Waals surface area contributed by atoms with Gasteiger partial charge in [-0.15, -0.1) is 11.3 Å². The molecule has 4 heteroatoms. The Hall–Kier alpha value is -1.81. The van der Waals surface area contributed by atoms with Crippen LogP contribution in [0.5, 0.6) is 0 Å². The number of nitrogens with one attached hydrogen (secondary N) is 2. The summed E-state index contributed by atoms with van der Waals surface area (Å²) in [5.41, 5.74) is 1.42. The quantitative estimate of drug-likeness (QED) is 0.654. The van der Waals surface area contributed by atoms with E-state index in [1.54, 1.807) is 0 Å². The number of hydrogen-bond acceptors (Lipinski definition) is 2. The van der Waals surface area contributed by atoms with Gasteiger partial charge < -0.3 is 10.6 Å². The Balaban J connectivity index is 1.48. The molecule has 0 amide bonds. The van der Waals surface area contributed by atoms with Crippen LogP contribution < -0.4 is 10.6 Å². The average Bonchev–Trinajstić information content (AvgIpc) is 3.10. The molecule has 1 aromatic heterocycles. The maximum atomic E-state index is 4.35. The lowest BCUT2D eigenvalue weighted by molar-refractivity contribution is 0.704. The van der Waals surface area contributed by atoms with Gasteiger partial charge in [0.1, 0.15) is 0 Å². The summed E-state index contributed by atoms with van der Waals surface area (Å²) >= 11 is 1.81. The first-order valence-corrected chi connectivity index (χ1v) is 8.71. The van der Waals surface area contributed by atoms with Crippen molar-refractivity contribution in [3.8, 4) is 0 Å². The third kappa shape index (κ3) is 3.69. The van der Waals surface area contributed by atoms with Crippen molar-refractivity contribution in [2.75, 3.05) is 13.6 Å². The van der Waals surface area contributed by atoms with Crippen LogP contribution >= 0.6 is 11.3 Å². The maximum absolute atomic E-state index is 4.35. The number of nitrogens with zero attached hydrogens (tertiary/aromatic N) is 1. The molecule has 22 heavy (non-hydrogen) atoms. The molecule has 2 aromatic rings. The summed E-state index contributed by atoms with van der Waals surface area (Å²) in [6, 6.07) is 15.5. The van der Waals surface area contributed by atoms with Crippen molar-refractivity contribution in [1.29, 1.82) is 0 Å². The lowest BCUT2D eigenvalue weighted by atomic mass is 10.1. The van der Waals surface area contributed by atoms with Gasteiger partial charge in [-0.25, -0.2) is 0 Å². The molecule has 0 aliphatic heterocycles. The molecule has 2 N–H and O–H groups in total. The predicted octanol–water partition coefficient (Wildman–Crippen LogP) is 3.57. The van der Waals surface area contributed by atoms with Crippen LogP contribution in [0, 0.1) is 0 Å². The minimum atomic E-state index is 0.502. The first-order chi connectivity index (χ1) is 10.8. The van der Waals surface area contributed by atoms with Crippen LogP contribution in [0.4, 0.5) is 0 Å². The van der Waals surface area contributed by atoms with Crippen LogP contribution in [0.1, 0.15) is 35.6 Å². The molecule has 0 saturated heterocycles. The molecule has 1 aliphatic carbocycles. The zero-order chi connectivity index (χ0) is 15.4. The molecule has 3 atom stereocenters. The fourth-order valence-corrected chi connectivity index (χ4v) is 3.50. The van der Waals surface area contributed by atoms with Crippen molar-refractivity contribution in [1.82, 2.24) is 10.6 Å². The third-order valence-corrected chi connectivity index (χ3v) is 5.27. The van der Waals surface area contributed by atoms with E-state index in [-0.39, 0.29) is 0 Å². The van der Waals surface area contributed by atoms with Crippen molar-refractivity contribution < 1.29 is 0 Å². The molecule has 0 spiro atoms. The molecule has 3 unspecified atom stereocenters. The number of rotatable bonds is 5. The lowest BCUT2D eigenvalue weighted by Gasteiger charge is -2.15. The predicted molar refractivity (Wildman–Crippen MR) is 94.8 cm³/mol. The normalized spacial score (nSPS) is 22.2. The summed E-state index contributed by atoms with van der Waals surface area (Å²) in [5.74, 6) is 2.03. The van der Waals surface area contributed by atoms with Crippen LogP contribution in [0.25, 0.3) is 0 Å². The molecular weight excluding hydrogens is 290 g/mol. The summed E-state index contributed by atoms with van der Waals surface area (Å²) in [5, 5.41) is 9.11. The third-order valence-electron chi connectivity index (χ3n) is 4.17. The molecule has 3 nitrogen and oxygen atoms in total. The zero-order valence-corrected chi connectivity index (χ0v) is 13.9. The van der Waals surface area contributed by atoms with Crippen molar-refractivity contribution in [3.05, 3.63) is 58.3 Å². The smallest absolute Gasteiger partial charge is 0.191 e. The highest BCUT2D eigenvalue weighted by molar-refractivity contribution is 7.10. The number of guanidine groups is 1. The topological polar surface area (TPSA) is 36.4 Å². The van der Waals surface area contributed by atoms with Crippen molar-refractivity contribution in [3.63, 3.8) is 0 Å². The van der Waals surface area contributed by atoms with Gasteiger partial charge in [-0.3, -0.25) is 4.99 Å². The zero-order valence-electron chi connectivity index (χ0n) is 13.1. The number of aliphatic imine (C=N–C) groups is 1. The number of thiophene rings is 1. The highest BCUT2D eigenvalue weighted by atomic mass is 32.1. The molecule has 1 fully saturated rings. The van der Waals surface area contributed by atoms with E-state index < -0.39 is 0 Å². The number of hydrogen-bond donors (Lipinski definition) is 2. The second kappa shape index (κ2) is 6.97. The van der Waals surface area contributed by atoms with Crippen LogP contribution in [0.3, 0.4) is 0 Å². The second-order valence-corrected chi connectivity index (χ2v) is 6.85. The summed E-state index contributed by atoms with van der Waals surface area (Å²) in [4.78, 5) is 5.76. The number of benzene rings is 1. The van der Waals surface area contributed by atoms with E-state index in [1.165, 1.54) is 16.9 Å². The van der Waals surface area contributed by atoms with Crippen molar-refractivity contribution in [2.45, 2.75) is 31.2 Å². The summed E-state index contributed by atoms with van der Waals surface area (Å²) in [7, 11) is 1.84. The van der Waals surface area contributed by atoms with Gasteiger partial charge in [0.25, 0.3) is 0 Å². The Bertz CT molecular complexity index is 607. The van der Waals surface area contributed by atoms with Crippen LogP contribution in [0.2, 0.25) is 0 Å². The Labute approximate surface area is 136 Å². The Morgan fingerprint density at radius 2 is 2.09 bits per heavy atom. The molecule has 1 aliphatic rings. The molecule has 1 heterocycles. The minimum Gasteiger partial charge on any atom is -0.356 e. The molecule has 0 bridgehead atoms. The highest BCUT2D eigenvalue weighted by Gasteiger charge is 2.38. The van der Waals surface area contributed by atoms with E-state index in [1.807, 2.05) is 18.4 Å². The molecule has 1 saturated carbocycles. The first kappa shape index (κ1) is 15.1. The van der Waals surface area contributed by atoms with Gasteiger partial charge in [0, 0.05) is 36.3 Å². The largest absolute Gasteiger partial charge is 0.356 e. The van der Waals surface area contributed by atoms with Gasteiger partial charge in [0.05, 0.1) is 0 Å². The maximum Gasteiger partial charge on any atom is 0.191 e. The summed E-state index contributed by atoms with van der Waals surface area (Å²) < 4.78 is 0. The molecule has 116 valence electrons.